The fraction of sp³-hybridized carbons (Fsp3) is 0.105. The molecule has 5 heteroatoms. The van der Waals surface area contributed by atoms with Gasteiger partial charge in [0.15, 0.2) is 5.78 Å². The molecular weight excluding hydrogens is 455 g/mol. The highest BCUT2D eigenvalue weighted by Gasteiger charge is 2.28. The number of carbonyl (C=O) groups is 1. The van der Waals surface area contributed by atoms with Gasteiger partial charge in [0, 0.05) is 11.1 Å². The van der Waals surface area contributed by atoms with Gasteiger partial charge in [-0.1, -0.05) is 85.9 Å². The predicted molar refractivity (Wildman–Crippen MR) is 104 cm³/mol. The van der Waals surface area contributed by atoms with Crippen LogP contribution in [0.2, 0.25) is 5.02 Å². The number of hydrogen-bond acceptors (Lipinski definition) is 2. The maximum absolute atomic E-state index is 12.6. The summed E-state index contributed by atoms with van der Waals surface area (Å²) in [5.74, 6) is 1.33. The molecule has 0 amide bonds. The van der Waals surface area contributed by atoms with Crippen LogP contribution < -0.4 is 0 Å². The first-order chi connectivity index (χ1) is 11.6. The molecule has 24 heavy (non-hydrogen) atoms. The zero-order chi connectivity index (χ0) is 17.1. The molecule has 3 aromatic rings. The number of hydrogen-bond donors (Lipinski definition) is 0. The lowest BCUT2D eigenvalue weighted by atomic mass is 10.1. The molecule has 2 atom stereocenters. The van der Waals surface area contributed by atoms with Gasteiger partial charge in [-0.25, -0.2) is 0 Å². The van der Waals surface area contributed by atoms with Gasteiger partial charge in [0.25, 0.3) is 0 Å². The molecule has 1 heterocycles. The van der Waals surface area contributed by atoms with Crippen LogP contribution >= 0.6 is 43.5 Å². The minimum absolute atomic E-state index is 0.00633. The monoisotopic (exact) mass is 466 g/mol. The molecule has 0 aliphatic rings. The number of Topliss-reactive ketones (excluding diaryl/α,β-unsaturated/α-hetero) is 1. The van der Waals surface area contributed by atoms with Crippen molar-refractivity contribution < 1.29 is 9.21 Å². The van der Waals surface area contributed by atoms with Crippen molar-refractivity contribution in [2.45, 2.75) is 9.65 Å². The van der Waals surface area contributed by atoms with Crippen LogP contribution in [0.4, 0.5) is 0 Å². The minimum Gasteiger partial charge on any atom is -0.460 e. The summed E-state index contributed by atoms with van der Waals surface area (Å²) in [6.07, 6.45) is 0. The second kappa shape index (κ2) is 7.68. The van der Waals surface area contributed by atoms with E-state index in [9.17, 15) is 4.79 Å². The summed E-state index contributed by atoms with van der Waals surface area (Å²) in [5.41, 5.74) is 1.48. The summed E-state index contributed by atoms with van der Waals surface area (Å²) in [6.45, 7) is 0. The molecule has 1 aromatic heterocycles. The Balaban J connectivity index is 1.82. The Morgan fingerprint density at radius 3 is 2.29 bits per heavy atom. The largest absolute Gasteiger partial charge is 0.460 e. The Bertz CT molecular complexity index is 845. The molecule has 2 nitrogen and oxygen atoms in total. The van der Waals surface area contributed by atoms with Crippen molar-refractivity contribution in [2.24, 2.45) is 0 Å². The van der Waals surface area contributed by atoms with Crippen molar-refractivity contribution >= 4 is 49.2 Å². The standard InChI is InChI=1S/C19H13Br2ClO2/c20-17(18(21)19(23)12-6-2-1-3-7-12)16-11-10-15(24-16)13-8-4-5-9-14(13)22/h1-11,17-18H/t17-,18-/m1/s1. The molecule has 3 rings (SSSR count). The number of alkyl halides is 2. The van der Waals surface area contributed by atoms with Crippen molar-refractivity contribution in [3.63, 3.8) is 0 Å². The van der Waals surface area contributed by atoms with Gasteiger partial charge in [0.05, 0.1) is 14.7 Å². The highest BCUT2D eigenvalue weighted by Crippen LogP contribution is 2.37. The Morgan fingerprint density at radius 2 is 1.58 bits per heavy atom. The van der Waals surface area contributed by atoms with Crippen LogP contribution in [-0.2, 0) is 0 Å². The smallest absolute Gasteiger partial charge is 0.178 e. The average Bonchev–Trinajstić information content (AvgIpc) is 3.11. The molecular formula is C19H13Br2ClO2. The van der Waals surface area contributed by atoms with Gasteiger partial charge in [-0.05, 0) is 24.3 Å². The van der Waals surface area contributed by atoms with Crippen molar-refractivity contribution in [3.8, 4) is 11.3 Å². The van der Waals surface area contributed by atoms with E-state index in [0.29, 0.717) is 22.1 Å². The Morgan fingerprint density at radius 1 is 0.917 bits per heavy atom. The second-order valence-corrected chi connectivity index (χ2v) is 7.60. The second-order valence-electron chi connectivity index (χ2n) is 5.22. The van der Waals surface area contributed by atoms with E-state index in [-0.39, 0.29) is 10.6 Å². The number of ketones is 1. The number of carbonyl (C=O) groups excluding carboxylic acids is 1. The van der Waals surface area contributed by atoms with E-state index in [0.717, 1.165) is 5.56 Å². The van der Waals surface area contributed by atoms with E-state index < -0.39 is 4.83 Å². The first-order valence-corrected chi connectivity index (χ1v) is 9.51. The Hall–Kier alpha value is -1.36. The summed E-state index contributed by atoms with van der Waals surface area (Å²) >= 11 is 13.2. The molecule has 0 aliphatic heterocycles. The van der Waals surface area contributed by atoms with Crippen molar-refractivity contribution in [1.29, 1.82) is 0 Å². The van der Waals surface area contributed by atoms with E-state index in [1.54, 1.807) is 12.1 Å². The SMILES string of the molecule is O=C(c1ccccc1)[C@H](Br)[C@H](Br)c1ccc(-c2ccccc2Cl)o1. The van der Waals surface area contributed by atoms with Gasteiger partial charge in [-0.3, -0.25) is 4.79 Å². The maximum atomic E-state index is 12.6. The average molecular weight is 469 g/mol. The number of benzene rings is 2. The molecule has 0 saturated carbocycles. The third-order valence-corrected chi connectivity index (χ3v) is 6.57. The first kappa shape index (κ1) is 17.5. The molecule has 0 unspecified atom stereocenters. The summed E-state index contributed by atoms with van der Waals surface area (Å²) in [6, 6.07) is 20.4. The summed E-state index contributed by atoms with van der Waals surface area (Å²) in [5, 5.41) is 0.625. The fourth-order valence-electron chi connectivity index (χ4n) is 2.35. The lowest BCUT2D eigenvalue weighted by molar-refractivity contribution is 0.0989. The van der Waals surface area contributed by atoms with Crippen LogP contribution in [0.3, 0.4) is 0 Å². The highest BCUT2D eigenvalue weighted by atomic mass is 79.9. The van der Waals surface area contributed by atoms with E-state index in [1.807, 2.05) is 54.6 Å². The molecule has 0 fully saturated rings. The zero-order valence-electron chi connectivity index (χ0n) is 12.5. The molecule has 0 saturated heterocycles. The lowest BCUT2D eigenvalue weighted by Crippen LogP contribution is -2.18. The van der Waals surface area contributed by atoms with E-state index >= 15 is 0 Å². The van der Waals surface area contributed by atoms with Gasteiger partial charge in [0.2, 0.25) is 0 Å². The lowest BCUT2D eigenvalue weighted by Gasteiger charge is -2.14. The minimum atomic E-state index is -0.440. The van der Waals surface area contributed by atoms with Gasteiger partial charge in [-0.2, -0.15) is 0 Å². The predicted octanol–water partition coefficient (Wildman–Crippen LogP) is 6.68. The van der Waals surface area contributed by atoms with Gasteiger partial charge < -0.3 is 4.42 Å². The Kier molecular flexibility index (Phi) is 5.59. The maximum Gasteiger partial charge on any atom is 0.178 e. The van der Waals surface area contributed by atoms with E-state index in [2.05, 4.69) is 31.9 Å². The molecule has 0 bridgehead atoms. The van der Waals surface area contributed by atoms with Crippen LogP contribution in [-0.4, -0.2) is 10.6 Å². The van der Waals surface area contributed by atoms with Crippen molar-refractivity contribution in [1.82, 2.24) is 0 Å². The van der Waals surface area contributed by atoms with Crippen LogP contribution in [0.5, 0.6) is 0 Å². The molecule has 2 aromatic carbocycles. The van der Waals surface area contributed by atoms with Crippen LogP contribution in [0.25, 0.3) is 11.3 Å². The molecule has 122 valence electrons. The first-order valence-electron chi connectivity index (χ1n) is 7.30. The van der Waals surface area contributed by atoms with Crippen LogP contribution in [0.15, 0.2) is 71.1 Å². The topological polar surface area (TPSA) is 30.2 Å². The van der Waals surface area contributed by atoms with Crippen molar-refractivity contribution in [3.05, 3.63) is 83.1 Å². The van der Waals surface area contributed by atoms with Gasteiger partial charge >= 0.3 is 0 Å². The summed E-state index contributed by atoms with van der Waals surface area (Å²) in [7, 11) is 0. The number of halogens is 3. The molecule has 0 spiro atoms. The van der Waals surface area contributed by atoms with Gasteiger partial charge in [0.1, 0.15) is 11.5 Å². The van der Waals surface area contributed by atoms with E-state index in [4.69, 9.17) is 16.0 Å². The number of furan rings is 1. The van der Waals surface area contributed by atoms with E-state index in [1.165, 1.54) is 0 Å². The van der Waals surface area contributed by atoms with Crippen LogP contribution in [0, 0.1) is 0 Å². The molecule has 0 N–H and O–H groups in total. The van der Waals surface area contributed by atoms with Gasteiger partial charge in [-0.15, -0.1) is 0 Å². The molecule has 0 radical (unpaired) electrons. The summed E-state index contributed by atoms with van der Waals surface area (Å²) in [4.78, 5) is 11.8. The fourth-order valence-corrected chi connectivity index (χ4v) is 3.59. The highest BCUT2D eigenvalue weighted by molar-refractivity contribution is 9.12. The van der Waals surface area contributed by atoms with Crippen molar-refractivity contribution in [2.75, 3.05) is 0 Å². The molecule has 0 aliphatic carbocycles. The Labute approximate surface area is 162 Å². The third kappa shape index (κ3) is 3.66. The third-order valence-electron chi connectivity index (χ3n) is 3.60. The number of rotatable bonds is 5. The van der Waals surface area contributed by atoms with Crippen LogP contribution in [0.1, 0.15) is 20.9 Å². The quantitative estimate of drug-likeness (QED) is 0.309. The summed E-state index contributed by atoms with van der Waals surface area (Å²) < 4.78 is 5.91. The normalized spacial score (nSPS) is 13.5. The zero-order valence-corrected chi connectivity index (χ0v) is 16.4.